The molecule has 0 aliphatic heterocycles. The Balaban J connectivity index is 2.39. The number of nitrogens with zero attached hydrogens (tertiary/aromatic N) is 2. The fourth-order valence-electron chi connectivity index (χ4n) is 1.74. The van der Waals surface area contributed by atoms with Crippen molar-refractivity contribution in [2.24, 2.45) is 0 Å². The van der Waals surface area contributed by atoms with Crippen LogP contribution in [-0.4, -0.2) is 9.55 Å². The molecule has 1 fully saturated rings. The third-order valence-electron chi connectivity index (χ3n) is 2.53. The van der Waals surface area contributed by atoms with Crippen molar-refractivity contribution >= 4 is 27.0 Å². The molecular weight excluding hydrogens is 247 g/mol. The van der Waals surface area contributed by atoms with Crippen molar-refractivity contribution < 1.29 is 4.39 Å². The van der Waals surface area contributed by atoms with E-state index in [1.165, 1.54) is 6.07 Å². The molecule has 4 heteroatoms. The third kappa shape index (κ3) is 1.10. The van der Waals surface area contributed by atoms with Gasteiger partial charge in [-0.3, -0.25) is 0 Å². The van der Waals surface area contributed by atoms with Crippen LogP contribution in [0.15, 0.2) is 22.9 Å². The molecule has 0 unspecified atom stereocenters. The van der Waals surface area contributed by atoms with Crippen LogP contribution < -0.4 is 0 Å². The van der Waals surface area contributed by atoms with Gasteiger partial charge in [0.1, 0.15) is 11.3 Å². The van der Waals surface area contributed by atoms with Crippen molar-refractivity contribution in [3.05, 3.63) is 28.7 Å². The largest absolute Gasteiger partial charge is 0.313 e. The van der Waals surface area contributed by atoms with E-state index in [9.17, 15) is 4.39 Å². The van der Waals surface area contributed by atoms with Crippen molar-refractivity contribution in [2.45, 2.75) is 18.9 Å². The zero-order valence-electron chi connectivity index (χ0n) is 7.37. The van der Waals surface area contributed by atoms with E-state index in [2.05, 4.69) is 20.9 Å². The highest BCUT2D eigenvalue weighted by atomic mass is 79.9. The molecule has 0 N–H and O–H groups in total. The highest BCUT2D eigenvalue weighted by Crippen LogP contribution is 2.40. The van der Waals surface area contributed by atoms with Crippen LogP contribution in [0.1, 0.15) is 18.9 Å². The summed E-state index contributed by atoms with van der Waals surface area (Å²) in [4.78, 5) is 4.27. The average Bonchev–Trinajstić information content (AvgIpc) is 2.90. The van der Waals surface area contributed by atoms with Crippen LogP contribution in [0.4, 0.5) is 4.39 Å². The predicted octanol–water partition coefficient (Wildman–Crippen LogP) is 3.27. The van der Waals surface area contributed by atoms with E-state index < -0.39 is 0 Å². The Morgan fingerprint density at radius 2 is 2.21 bits per heavy atom. The number of para-hydroxylation sites is 1. The zero-order chi connectivity index (χ0) is 9.71. The fraction of sp³-hybridized carbons (Fsp3) is 0.300. The minimum absolute atomic E-state index is 0.187. The number of imidazole rings is 1. The number of halogens is 2. The molecule has 0 amide bonds. The maximum Gasteiger partial charge on any atom is 0.178 e. The molecule has 14 heavy (non-hydrogen) atoms. The summed E-state index contributed by atoms with van der Waals surface area (Å²) in [6, 6.07) is 5.44. The predicted molar refractivity (Wildman–Crippen MR) is 55.7 cm³/mol. The molecule has 0 atom stereocenters. The Bertz CT molecular complexity index is 502. The van der Waals surface area contributed by atoms with Crippen LogP contribution >= 0.6 is 15.9 Å². The van der Waals surface area contributed by atoms with Gasteiger partial charge < -0.3 is 4.57 Å². The summed E-state index contributed by atoms with van der Waals surface area (Å²) in [5.74, 6) is -0.187. The first kappa shape index (κ1) is 8.41. The summed E-state index contributed by atoms with van der Waals surface area (Å²) in [6.07, 6.45) is 2.25. The van der Waals surface area contributed by atoms with Crippen LogP contribution in [0, 0.1) is 5.82 Å². The second-order valence-electron chi connectivity index (χ2n) is 3.59. The van der Waals surface area contributed by atoms with Gasteiger partial charge in [-0.05, 0) is 40.9 Å². The maximum atomic E-state index is 13.6. The Morgan fingerprint density at radius 3 is 2.93 bits per heavy atom. The monoisotopic (exact) mass is 254 g/mol. The van der Waals surface area contributed by atoms with Crippen molar-refractivity contribution in [1.29, 1.82) is 0 Å². The van der Waals surface area contributed by atoms with Crippen LogP contribution in [0.2, 0.25) is 0 Å². The number of rotatable bonds is 1. The second-order valence-corrected chi connectivity index (χ2v) is 4.30. The lowest BCUT2D eigenvalue weighted by molar-refractivity contribution is 0.622. The van der Waals surface area contributed by atoms with Gasteiger partial charge in [-0.25, -0.2) is 9.37 Å². The smallest absolute Gasteiger partial charge is 0.178 e. The van der Waals surface area contributed by atoms with E-state index in [-0.39, 0.29) is 5.82 Å². The summed E-state index contributed by atoms with van der Waals surface area (Å²) < 4.78 is 16.3. The Kier molecular flexibility index (Phi) is 1.68. The van der Waals surface area contributed by atoms with Crippen molar-refractivity contribution in [2.75, 3.05) is 0 Å². The molecule has 3 rings (SSSR count). The van der Waals surface area contributed by atoms with E-state index in [1.807, 2.05) is 10.6 Å². The molecule has 1 saturated carbocycles. The van der Waals surface area contributed by atoms with E-state index >= 15 is 0 Å². The number of fused-ring (bicyclic) bond motifs is 1. The molecule has 0 radical (unpaired) electrons. The fourth-order valence-corrected chi connectivity index (χ4v) is 2.40. The summed E-state index contributed by atoms with van der Waals surface area (Å²) in [5.41, 5.74) is 1.35. The summed E-state index contributed by atoms with van der Waals surface area (Å²) in [6.45, 7) is 0. The first-order valence-corrected chi connectivity index (χ1v) is 5.38. The average molecular weight is 255 g/mol. The topological polar surface area (TPSA) is 17.8 Å². The number of hydrogen-bond acceptors (Lipinski definition) is 1. The minimum atomic E-state index is -0.187. The van der Waals surface area contributed by atoms with Gasteiger partial charge in [0, 0.05) is 6.04 Å². The van der Waals surface area contributed by atoms with Gasteiger partial charge in [0.15, 0.2) is 4.73 Å². The van der Waals surface area contributed by atoms with Crippen LogP contribution in [0.3, 0.4) is 0 Å². The van der Waals surface area contributed by atoms with Gasteiger partial charge in [-0.1, -0.05) is 6.07 Å². The van der Waals surface area contributed by atoms with E-state index in [1.54, 1.807) is 6.07 Å². The van der Waals surface area contributed by atoms with Crippen LogP contribution in [0.5, 0.6) is 0 Å². The standard InChI is InChI=1S/C10H8BrFN2/c11-10-13-8-3-1-2-7(12)9(8)14(10)6-4-5-6/h1-3,6H,4-5H2. The second kappa shape index (κ2) is 2.79. The quantitative estimate of drug-likeness (QED) is 0.764. The summed E-state index contributed by atoms with van der Waals surface area (Å²) in [5, 5.41) is 0. The zero-order valence-corrected chi connectivity index (χ0v) is 8.96. The van der Waals surface area contributed by atoms with Crippen molar-refractivity contribution in [3.63, 3.8) is 0 Å². The molecule has 0 saturated heterocycles. The number of benzene rings is 1. The summed E-state index contributed by atoms with van der Waals surface area (Å²) in [7, 11) is 0. The van der Waals surface area contributed by atoms with Gasteiger partial charge in [-0.2, -0.15) is 0 Å². The minimum Gasteiger partial charge on any atom is -0.313 e. The first-order valence-electron chi connectivity index (χ1n) is 4.59. The number of hydrogen-bond donors (Lipinski definition) is 0. The van der Waals surface area contributed by atoms with Crippen LogP contribution in [-0.2, 0) is 0 Å². The summed E-state index contributed by atoms with van der Waals surface area (Å²) >= 11 is 3.37. The molecule has 2 aromatic rings. The van der Waals surface area contributed by atoms with E-state index in [0.717, 1.165) is 23.1 Å². The van der Waals surface area contributed by atoms with E-state index in [4.69, 9.17) is 0 Å². The lowest BCUT2D eigenvalue weighted by atomic mass is 10.3. The van der Waals surface area contributed by atoms with Crippen molar-refractivity contribution in [1.82, 2.24) is 9.55 Å². The van der Waals surface area contributed by atoms with Gasteiger partial charge >= 0.3 is 0 Å². The van der Waals surface area contributed by atoms with Gasteiger partial charge in [-0.15, -0.1) is 0 Å². The molecule has 1 aromatic heterocycles. The molecule has 1 heterocycles. The molecule has 2 nitrogen and oxygen atoms in total. The highest BCUT2D eigenvalue weighted by molar-refractivity contribution is 9.10. The SMILES string of the molecule is Fc1cccc2nc(Br)n(C3CC3)c12. The van der Waals surface area contributed by atoms with Crippen molar-refractivity contribution in [3.8, 4) is 0 Å². The molecule has 72 valence electrons. The normalized spacial score (nSPS) is 16.4. The lowest BCUT2D eigenvalue weighted by Crippen LogP contribution is -1.95. The molecular formula is C10H8BrFN2. The molecule has 1 aromatic carbocycles. The lowest BCUT2D eigenvalue weighted by Gasteiger charge is -2.02. The number of aromatic nitrogens is 2. The Labute approximate surface area is 88.9 Å². The maximum absolute atomic E-state index is 13.6. The highest BCUT2D eigenvalue weighted by Gasteiger charge is 2.28. The molecule has 1 aliphatic carbocycles. The third-order valence-corrected chi connectivity index (χ3v) is 3.09. The Morgan fingerprint density at radius 1 is 1.43 bits per heavy atom. The molecule has 0 bridgehead atoms. The molecule has 0 spiro atoms. The van der Waals surface area contributed by atoms with Crippen LogP contribution in [0.25, 0.3) is 11.0 Å². The van der Waals surface area contributed by atoms with E-state index in [0.29, 0.717) is 11.6 Å². The Hall–Kier alpha value is -0.900. The van der Waals surface area contributed by atoms with Gasteiger partial charge in [0.2, 0.25) is 0 Å². The van der Waals surface area contributed by atoms with Gasteiger partial charge in [0.25, 0.3) is 0 Å². The first-order chi connectivity index (χ1) is 6.77. The van der Waals surface area contributed by atoms with Gasteiger partial charge in [0.05, 0.1) is 5.52 Å². The molecule has 1 aliphatic rings.